The molecule has 0 aliphatic heterocycles. The van der Waals surface area contributed by atoms with Gasteiger partial charge in [0.25, 0.3) is 0 Å². The molecule has 1 amide bonds. The molecule has 0 fully saturated rings. The number of nitrogens with two attached hydrogens (primary N) is 1. The Hall–Kier alpha value is -2.11. The Morgan fingerprint density at radius 1 is 1.47 bits per heavy atom. The third kappa shape index (κ3) is 3.17. The van der Waals surface area contributed by atoms with E-state index in [1.165, 1.54) is 7.11 Å². The molecule has 0 spiro atoms. The quantitative estimate of drug-likeness (QED) is 0.742. The molecule has 1 aromatic rings. The molecule has 1 heterocycles. The zero-order chi connectivity index (χ0) is 13.0. The molecule has 1 atom stereocenters. The second-order valence-corrected chi connectivity index (χ2v) is 3.59. The Bertz CT molecular complexity index is 446. The summed E-state index contributed by atoms with van der Waals surface area (Å²) in [7, 11) is 1.31. The van der Waals surface area contributed by atoms with Crippen LogP contribution in [0.3, 0.4) is 0 Å². The third-order valence-electron chi connectivity index (χ3n) is 2.28. The number of pyridine rings is 1. The Morgan fingerprint density at radius 3 is 2.59 bits per heavy atom. The highest BCUT2D eigenvalue weighted by molar-refractivity contribution is 5.90. The summed E-state index contributed by atoms with van der Waals surface area (Å²) in [5, 5.41) is 2.83. The number of carbonyl (C=O) groups excluding carboxylic acids is 2. The van der Waals surface area contributed by atoms with Crippen LogP contribution in [0.1, 0.15) is 23.0 Å². The summed E-state index contributed by atoms with van der Waals surface area (Å²) in [5.74, 6) is -0.424. The fraction of sp³-hybridized carbons (Fsp3) is 0.364. The number of rotatable bonds is 4. The van der Waals surface area contributed by atoms with E-state index in [1.54, 1.807) is 26.0 Å². The van der Waals surface area contributed by atoms with Gasteiger partial charge >= 0.3 is 5.97 Å². The lowest BCUT2D eigenvalue weighted by molar-refractivity contribution is -0.118. The van der Waals surface area contributed by atoms with E-state index in [2.05, 4.69) is 15.0 Å². The molecule has 0 aliphatic rings. The summed E-state index contributed by atoms with van der Waals surface area (Å²) in [6.45, 7) is 3.32. The number of carbonyl (C=O) groups is 2. The van der Waals surface area contributed by atoms with Gasteiger partial charge in [-0.05, 0) is 26.0 Å². The van der Waals surface area contributed by atoms with E-state index >= 15 is 0 Å². The lowest BCUT2D eigenvalue weighted by Gasteiger charge is -2.12. The standard InChI is InChI=1S/C11H15N3O3/c1-6-8(11(16)17-3)4-5-9(13-6)14-7(2)10(12)15/h4-5,7H,1-3H3,(H2,12,15)(H,13,14). The zero-order valence-corrected chi connectivity index (χ0v) is 9.98. The van der Waals surface area contributed by atoms with Crippen LogP contribution in [-0.4, -0.2) is 30.0 Å². The van der Waals surface area contributed by atoms with E-state index < -0.39 is 17.9 Å². The number of anilines is 1. The smallest absolute Gasteiger partial charge is 0.339 e. The van der Waals surface area contributed by atoms with Gasteiger partial charge in [0.1, 0.15) is 11.9 Å². The number of hydrogen-bond donors (Lipinski definition) is 2. The number of aromatic nitrogens is 1. The third-order valence-corrected chi connectivity index (χ3v) is 2.28. The number of primary amides is 1. The Labute approximate surface area is 99.2 Å². The summed E-state index contributed by atoms with van der Waals surface area (Å²) in [5.41, 5.74) is 6.04. The number of aryl methyl sites for hydroxylation is 1. The Kier molecular flexibility index (Phi) is 4.03. The number of methoxy groups -OCH3 is 1. The maximum absolute atomic E-state index is 11.3. The van der Waals surface area contributed by atoms with Crippen molar-refractivity contribution < 1.29 is 14.3 Å². The van der Waals surface area contributed by atoms with Crippen molar-refractivity contribution in [1.29, 1.82) is 0 Å². The van der Waals surface area contributed by atoms with E-state index in [9.17, 15) is 9.59 Å². The van der Waals surface area contributed by atoms with Gasteiger partial charge in [-0.25, -0.2) is 9.78 Å². The molecule has 0 bridgehead atoms. The lowest BCUT2D eigenvalue weighted by atomic mass is 10.2. The van der Waals surface area contributed by atoms with Crippen LogP contribution in [0.15, 0.2) is 12.1 Å². The molecule has 6 heteroatoms. The summed E-state index contributed by atoms with van der Waals surface area (Å²) < 4.78 is 4.60. The monoisotopic (exact) mass is 237 g/mol. The topological polar surface area (TPSA) is 94.3 Å². The van der Waals surface area contributed by atoms with Crippen molar-refractivity contribution in [3.63, 3.8) is 0 Å². The number of hydrogen-bond acceptors (Lipinski definition) is 5. The van der Waals surface area contributed by atoms with Crippen LogP contribution in [0.25, 0.3) is 0 Å². The van der Waals surface area contributed by atoms with E-state index in [1.807, 2.05) is 0 Å². The Balaban J connectivity index is 2.89. The normalized spacial score (nSPS) is 11.7. The van der Waals surface area contributed by atoms with Crippen LogP contribution < -0.4 is 11.1 Å². The summed E-state index contributed by atoms with van der Waals surface area (Å²) in [6.07, 6.45) is 0. The summed E-state index contributed by atoms with van der Waals surface area (Å²) >= 11 is 0. The molecule has 0 radical (unpaired) electrons. The molecular weight excluding hydrogens is 222 g/mol. The van der Waals surface area contributed by atoms with Gasteiger partial charge in [-0.3, -0.25) is 4.79 Å². The molecular formula is C11H15N3O3. The second kappa shape index (κ2) is 5.29. The zero-order valence-electron chi connectivity index (χ0n) is 9.98. The Morgan fingerprint density at radius 2 is 2.12 bits per heavy atom. The number of nitrogens with zero attached hydrogens (tertiary/aromatic N) is 1. The fourth-order valence-electron chi connectivity index (χ4n) is 1.26. The molecule has 0 saturated heterocycles. The van der Waals surface area contributed by atoms with Crippen LogP contribution in [-0.2, 0) is 9.53 Å². The van der Waals surface area contributed by atoms with Crippen molar-refractivity contribution in [2.75, 3.05) is 12.4 Å². The van der Waals surface area contributed by atoms with Crippen LogP contribution in [0, 0.1) is 6.92 Å². The van der Waals surface area contributed by atoms with Gasteiger partial charge in [0.05, 0.1) is 18.4 Å². The predicted octanol–water partition coefficient (Wildman–Crippen LogP) is 0.462. The van der Waals surface area contributed by atoms with E-state index in [-0.39, 0.29) is 0 Å². The van der Waals surface area contributed by atoms with E-state index in [0.29, 0.717) is 17.1 Å². The number of ether oxygens (including phenoxy) is 1. The molecule has 0 saturated carbocycles. The summed E-state index contributed by atoms with van der Waals surface area (Å²) in [4.78, 5) is 26.3. The molecule has 0 aromatic carbocycles. The van der Waals surface area contributed by atoms with Gasteiger partial charge in [0.2, 0.25) is 5.91 Å². The minimum Gasteiger partial charge on any atom is -0.465 e. The van der Waals surface area contributed by atoms with Crippen molar-refractivity contribution in [3.05, 3.63) is 23.4 Å². The minimum atomic E-state index is -0.522. The molecule has 17 heavy (non-hydrogen) atoms. The van der Waals surface area contributed by atoms with Crippen LogP contribution in [0.5, 0.6) is 0 Å². The average molecular weight is 237 g/mol. The number of nitrogens with one attached hydrogen (secondary N) is 1. The van der Waals surface area contributed by atoms with E-state index in [4.69, 9.17) is 5.73 Å². The maximum atomic E-state index is 11.3. The molecule has 92 valence electrons. The highest BCUT2D eigenvalue weighted by atomic mass is 16.5. The number of esters is 1. The first-order chi connectivity index (χ1) is 7.95. The van der Waals surface area contributed by atoms with Crippen molar-refractivity contribution in [3.8, 4) is 0 Å². The maximum Gasteiger partial charge on any atom is 0.339 e. The first kappa shape index (κ1) is 13.0. The van der Waals surface area contributed by atoms with Gasteiger partial charge < -0.3 is 15.8 Å². The van der Waals surface area contributed by atoms with Crippen molar-refractivity contribution >= 4 is 17.7 Å². The van der Waals surface area contributed by atoms with Crippen molar-refractivity contribution in [2.24, 2.45) is 5.73 Å². The van der Waals surface area contributed by atoms with Crippen molar-refractivity contribution in [1.82, 2.24) is 4.98 Å². The lowest BCUT2D eigenvalue weighted by Crippen LogP contribution is -2.32. The fourth-order valence-corrected chi connectivity index (χ4v) is 1.26. The highest BCUT2D eigenvalue weighted by Crippen LogP contribution is 2.12. The van der Waals surface area contributed by atoms with Gasteiger partial charge in [0.15, 0.2) is 0 Å². The van der Waals surface area contributed by atoms with Crippen LogP contribution in [0.4, 0.5) is 5.82 Å². The van der Waals surface area contributed by atoms with Gasteiger partial charge in [0, 0.05) is 0 Å². The minimum absolute atomic E-state index is 0.393. The van der Waals surface area contributed by atoms with Crippen molar-refractivity contribution in [2.45, 2.75) is 19.9 Å². The highest BCUT2D eigenvalue weighted by Gasteiger charge is 2.13. The SMILES string of the molecule is COC(=O)c1ccc(NC(C)C(N)=O)nc1C. The summed E-state index contributed by atoms with van der Waals surface area (Å²) in [6, 6.07) is 2.66. The van der Waals surface area contributed by atoms with Gasteiger partial charge in [-0.2, -0.15) is 0 Å². The van der Waals surface area contributed by atoms with Crippen LogP contribution >= 0.6 is 0 Å². The molecule has 1 unspecified atom stereocenters. The van der Waals surface area contributed by atoms with Gasteiger partial charge in [-0.1, -0.05) is 0 Å². The first-order valence-corrected chi connectivity index (χ1v) is 5.07. The van der Waals surface area contributed by atoms with Gasteiger partial charge in [-0.15, -0.1) is 0 Å². The van der Waals surface area contributed by atoms with Crippen LogP contribution in [0.2, 0.25) is 0 Å². The van der Waals surface area contributed by atoms with E-state index in [0.717, 1.165) is 0 Å². The molecule has 1 aromatic heterocycles. The first-order valence-electron chi connectivity index (χ1n) is 5.07. The molecule has 6 nitrogen and oxygen atoms in total. The molecule has 0 aliphatic carbocycles. The average Bonchev–Trinajstić information content (AvgIpc) is 2.28. The second-order valence-electron chi connectivity index (χ2n) is 3.59. The number of amides is 1. The predicted molar refractivity (Wildman–Crippen MR) is 62.6 cm³/mol. The largest absolute Gasteiger partial charge is 0.465 e. The molecule has 1 rings (SSSR count). The molecule has 3 N–H and O–H groups in total.